The Morgan fingerprint density at radius 3 is 2.82 bits per heavy atom. The van der Waals surface area contributed by atoms with E-state index in [1.54, 1.807) is 12.2 Å². The first-order valence-corrected chi connectivity index (χ1v) is 4.16. The third-order valence-corrected chi connectivity index (χ3v) is 1.31. The molecule has 0 fully saturated rings. The Morgan fingerprint density at radius 1 is 1.36 bits per heavy atom. The number of aliphatic hydroxyl groups excluding tert-OH is 1. The highest BCUT2D eigenvalue weighted by Crippen LogP contribution is 1.96. The summed E-state index contributed by atoms with van der Waals surface area (Å²) in [5.74, 6) is 5.86. The van der Waals surface area contributed by atoms with E-state index in [1.165, 1.54) is 19.3 Å². The molecule has 0 aliphatic heterocycles. The van der Waals surface area contributed by atoms with E-state index >= 15 is 0 Å². The van der Waals surface area contributed by atoms with Gasteiger partial charge >= 0.3 is 0 Å². The number of hydrogen-bond donors (Lipinski definition) is 1. The van der Waals surface area contributed by atoms with Crippen LogP contribution in [0.3, 0.4) is 0 Å². The number of rotatable bonds is 4. The maximum atomic E-state index is 8.35. The van der Waals surface area contributed by atoms with Gasteiger partial charge in [-0.1, -0.05) is 37.7 Å². The predicted molar refractivity (Wildman–Crippen MR) is 48.1 cm³/mol. The van der Waals surface area contributed by atoms with Crippen LogP contribution >= 0.6 is 0 Å². The second-order valence-corrected chi connectivity index (χ2v) is 2.36. The number of aliphatic hydroxyl groups is 1. The van der Waals surface area contributed by atoms with E-state index < -0.39 is 0 Å². The molecule has 0 atom stereocenters. The van der Waals surface area contributed by atoms with Crippen LogP contribution in [0.25, 0.3) is 0 Å². The summed E-state index contributed by atoms with van der Waals surface area (Å²) in [5.41, 5.74) is 0. The van der Waals surface area contributed by atoms with Gasteiger partial charge in [0.2, 0.25) is 0 Å². The minimum Gasteiger partial charge on any atom is -0.392 e. The highest BCUT2D eigenvalue weighted by molar-refractivity contribution is 5.14. The summed E-state index contributed by atoms with van der Waals surface area (Å²) in [6.07, 6.45) is 8.02. The molecule has 0 aromatic carbocycles. The summed E-state index contributed by atoms with van der Waals surface area (Å²) in [6.45, 7) is 2.27. The fourth-order valence-corrected chi connectivity index (χ4v) is 0.706. The third kappa shape index (κ3) is 9.26. The summed E-state index contributed by atoms with van der Waals surface area (Å²) < 4.78 is 0. The smallest absolute Gasteiger partial charge is 0.0621 e. The maximum Gasteiger partial charge on any atom is 0.0621 e. The first-order chi connectivity index (χ1) is 5.41. The van der Waals surface area contributed by atoms with Gasteiger partial charge in [0, 0.05) is 6.42 Å². The van der Waals surface area contributed by atoms with Crippen molar-refractivity contribution in [1.29, 1.82) is 0 Å². The van der Waals surface area contributed by atoms with Crippen molar-refractivity contribution in [3.05, 3.63) is 12.2 Å². The van der Waals surface area contributed by atoms with Crippen LogP contribution in [0.4, 0.5) is 0 Å². The average Bonchev–Trinajstić information content (AvgIpc) is 2.03. The summed E-state index contributed by atoms with van der Waals surface area (Å²) in [6, 6.07) is 0. The number of unbranched alkanes of at least 4 members (excludes halogenated alkanes) is 3. The molecular formula is C10H16O. The molecule has 0 spiro atoms. The van der Waals surface area contributed by atoms with Crippen molar-refractivity contribution in [2.45, 2.75) is 32.6 Å². The number of allylic oxidation sites excluding steroid dienone is 1. The number of hydrogen-bond acceptors (Lipinski definition) is 1. The molecule has 0 rings (SSSR count). The molecule has 0 saturated carbocycles. The van der Waals surface area contributed by atoms with Gasteiger partial charge in [0.25, 0.3) is 0 Å². The molecule has 0 saturated heterocycles. The standard InChI is InChI=1S/C10H16O/c1-2-3-4-5-6-7-8-9-10-11/h8-9,11H,2-5,10H2,1H3. The fraction of sp³-hybridized carbons (Fsp3) is 0.600. The Kier molecular flexibility index (Phi) is 8.64. The first-order valence-electron chi connectivity index (χ1n) is 4.16. The first kappa shape index (κ1) is 10.3. The normalized spacial score (nSPS) is 9.64. The molecule has 0 aliphatic carbocycles. The van der Waals surface area contributed by atoms with E-state index in [2.05, 4.69) is 18.8 Å². The monoisotopic (exact) mass is 152 g/mol. The van der Waals surface area contributed by atoms with Gasteiger partial charge in [-0.05, 0) is 12.5 Å². The topological polar surface area (TPSA) is 20.2 Å². The molecule has 11 heavy (non-hydrogen) atoms. The van der Waals surface area contributed by atoms with Crippen molar-refractivity contribution >= 4 is 0 Å². The van der Waals surface area contributed by atoms with E-state index in [4.69, 9.17) is 5.11 Å². The summed E-state index contributed by atoms with van der Waals surface area (Å²) in [5, 5.41) is 8.35. The molecule has 0 radical (unpaired) electrons. The second-order valence-electron chi connectivity index (χ2n) is 2.36. The second kappa shape index (κ2) is 9.26. The average molecular weight is 152 g/mol. The summed E-state index contributed by atoms with van der Waals surface area (Å²) >= 11 is 0. The lowest BCUT2D eigenvalue weighted by molar-refractivity contribution is 0.343. The zero-order valence-electron chi connectivity index (χ0n) is 7.14. The van der Waals surface area contributed by atoms with E-state index in [0.29, 0.717) is 0 Å². The lowest BCUT2D eigenvalue weighted by Gasteiger charge is -1.87. The van der Waals surface area contributed by atoms with Gasteiger partial charge in [0.15, 0.2) is 0 Å². The van der Waals surface area contributed by atoms with Gasteiger partial charge in [0.1, 0.15) is 0 Å². The minimum absolute atomic E-state index is 0.0869. The van der Waals surface area contributed by atoms with Gasteiger partial charge in [-0.25, -0.2) is 0 Å². The molecular weight excluding hydrogens is 136 g/mol. The molecule has 0 aromatic heterocycles. The summed E-state index contributed by atoms with van der Waals surface area (Å²) in [4.78, 5) is 0. The Bertz CT molecular complexity index is 148. The van der Waals surface area contributed by atoms with Gasteiger partial charge < -0.3 is 5.11 Å². The van der Waals surface area contributed by atoms with Crippen LogP contribution in [0, 0.1) is 11.8 Å². The van der Waals surface area contributed by atoms with E-state index in [1.807, 2.05) is 0 Å². The van der Waals surface area contributed by atoms with E-state index in [9.17, 15) is 0 Å². The van der Waals surface area contributed by atoms with Crippen molar-refractivity contribution in [3.63, 3.8) is 0 Å². The van der Waals surface area contributed by atoms with Gasteiger partial charge in [-0.15, -0.1) is 0 Å². The molecule has 0 unspecified atom stereocenters. The van der Waals surface area contributed by atoms with Crippen LogP contribution < -0.4 is 0 Å². The fourth-order valence-electron chi connectivity index (χ4n) is 0.706. The van der Waals surface area contributed by atoms with Crippen LogP contribution in [-0.2, 0) is 0 Å². The Balaban J connectivity index is 3.19. The van der Waals surface area contributed by atoms with Crippen LogP contribution in [0.15, 0.2) is 12.2 Å². The molecule has 1 N–H and O–H groups in total. The quantitative estimate of drug-likeness (QED) is 0.483. The molecule has 62 valence electrons. The van der Waals surface area contributed by atoms with Crippen molar-refractivity contribution in [1.82, 2.24) is 0 Å². The van der Waals surface area contributed by atoms with Gasteiger partial charge in [-0.2, -0.15) is 0 Å². The third-order valence-electron chi connectivity index (χ3n) is 1.31. The molecule has 0 amide bonds. The maximum absolute atomic E-state index is 8.35. The molecule has 0 bridgehead atoms. The van der Waals surface area contributed by atoms with E-state index in [-0.39, 0.29) is 6.61 Å². The van der Waals surface area contributed by atoms with Crippen molar-refractivity contribution in [3.8, 4) is 11.8 Å². The Hall–Kier alpha value is -0.740. The van der Waals surface area contributed by atoms with Gasteiger partial charge in [0.05, 0.1) is 6.61 Å². The Labute approximate surface area is 69.1 Å². The minimum atomic E-state index is 0.0869. The van der Waals surface area contributed by atoms with E-state index in [0.717, 1.165) is 6.42 Å². The zero-order chi connectivity index (χ0) is 8.36. The molecule has 1 nitrogen and oxygen atoms in total. The Morgan fingerprint density at radius 2 is 2.18 bits per heavy atom. The molecule has 0 aromatic rings. The highest BCUT2D eigenvalue weighted by atomic mass is 16.2. The van der Waals surface area contributed by atoms with Gasteiger partial charge in [-0.3, -0.25) is 0 Å². The van der Waals surface area contributed by atoms with Crippen LogP contribution in [0.5, 0.6) is 0 Å². The van der Waals surface area contributed by atoms with Crippen LogP contribution in [-0.4, -0.2) is 11.7 Å². The van der Waals surface area contributed by atoms with Crippen LogP contribution in [0.2, 0.25) is 0 Å². The van der Waals surface area contributed by atoms with Crippen molar-refractivity contribution < 1.29 is 5.11 Å². The van der Waals surface area contributed by atoms with Crippen molar-refractivity contribution in [2.24, 2.45) is 0 Å². The highest BCUT2D eigenvalue weighted by Gasteiger charge is 1.79. The van der Waals surface area contributed by atoms with Crippen LogP contribution in [0.1, 0.15) is 32.6 Å². The largest absolute Gasteiger partial charge is 0.392 e. The zero-order valence-corrected chi connectivity index (χ0v) is 7.14. The lowest BCUT2D eigenvalue weighted by Crippen LogP contribution is -1.71. The summed E-state index contributed by atoms with van der Waals surface area (Å²) in [7, 11) is 0. The molecule has 1 heteroatoms. The predicted octanol–water partition coefficient (Wildman–Crippen LogP) is 2.12. The molecule has 0 heterocycles. The molecule has 0 aliphatic rings. The SMILES string of the molecule is CCCCCC#CC=CCO. The lowest BCUT2D eigenvalue weighted by atomic mass is 10.2. The van der Waals surface area contributed by atoms with Crippen molar-refractivity contribution in [2.75, 3.05) is 6.61 Å².